The van der Waals surface area contributed by atoms with Crippen LogP contribution in [0, 0.1) is 0 Å². The van der Waals surface area contributed by atoms with Gasteiger partial charge in [-0.15, -0.1) is 0 Å². The quantitative estimate of drug-likeness (QED) is 0.274. The minimum atomic E-state index is -5.46. The van der Waals surface area contributed by atoms with E-state index in [9.17, 15) is 31.4 Å². The van der Waals surface area contributed by atoms with Crippen LogP contribution in [0.3, 0.4) is 0 Å². The fourth-order valence-corrected chi connectivity index (χ4v) is 0.172. The lowest BCUT2D eigenvalue weighted by molar-refractivity contribution is -0.136. The first kappa shape index (κ1) is 15.2. The number of amidine groups is 1. The summed E-state index contributed by atoms with van der Waals surface area (Å²) in [6.07, 6.45) is -5.46. The lowest BCUT2D eigenvalue weighted by Crippen LogP contribution is -2.31. The molecule has 0 N–H and O–H groups in total. The molecular weight excluding hydrogens is 218 g/mol. The first-order valence-electron chi connectivity index (χ1n) is 2.98. The molecule has 84 valence electrons. The van der Waals surface area contributed by atoms with E-state index < -0.39 is 17.4 Å². The van der Waals surface area contributed by atoms with Crippen molar-refractivity contribution in [3.05, 3.63) is 0 Å². The van der Waals surface area contributed by atoms with Gasteiger partial charge in [-0.3, -0.25) is 0 Å². The molecule has 0 saturated carbocycles. The van der Waals surface area contributed by atoms with Crippen LogP contribution in [0.15, 0.2) is 5.21 Å². The summed E-state index contributed by atoms with van der Waals surface area (Å²) in [6.45, 7) is 3.06. The molecule has 0 aromatic rings. The van der Waals surface area contributed by atoms with Gasteiger partial charge in [0.2, 0.25) is 0 Å². The van der Waals surface area contributed by atoms with E-state index in [0.717, 1.165) is 5.21 Å². The van der Waals surface area contributed by atoms with Crippen molar-refractivity contribution in [2.75, 3.05) is 0 Å². The van der Waals surface area contributed by atoms with Crippen LogP contribution < -0.4 is 0 Å². The smallest absolute Gasteiger partial charge is 0.300 e. The molecule has 0 aliphatic carbocycles. The van der Waals surface area contributed by atoms with Crippen molar-refractivity contribution in [2.45, 2.75) is 20.0 Å². The highest BCUT2D eigenvalue weighted by Gasteiger charge is 2.42. The van der Waals surface area contributed by atoms with Gasteiger partial charge in [0.05, 0.1) is 0 Å². The normalized spacial score (nSPS) is 11.6. The number of carbonyl (C=O) groups is 1. The van der Waals surface area contributed by atoms with Crippen molar-refractivity contribution >= 4 is 11.6 Å². The average molecular weight is 224 g/mol. The van der Waals surface area contributed by atoms with Gasteiger partial charge in [0.15, 0.2) is 0 Å². The number of rotatable bonds is 0. The fourth-order valence-electron chi connectivity index (χ4n) is 0.172. The molecule has 0 aliphatic heterocycles. The Labute approximate surface area is 74.8 Å². The average Bonchev–Trinajstić information content (AvgIpc) is 1.81. The predicted octanol–water partition coefficient (Wildman–Crippen LogP) is 2.50. The first-order valence-corrected chi connectivity index (χ1v) is 2.98. The maximum absolute atomic E-state index is 11.1. The van der Waals surface area contributed by atoms with Crippen LogP contribution in [0.4, 0.5) is 26.6 Å². The van der Waals surface area contributed by atoms with Crippen molar-refractivity contribution in [3.63, 3.8) is 0 Å². The van der Waals surface area contributed by atoms with Crippen molar-refractivity contribution in [1.82, 2.24) is 5.34 Å². The Morgan fingerprint density at radius 3 is 1.50 bits per heavy atom. The molecule has 0 saturated heterocycles. The zero-order valence-electron chi connectivity index (χ0n) is 7.07. The van der Waals surface area contributed by atoms with E-state index in [0.29, 0.717) is 0 Å². The predicted molar refractivity (Wildman–Crippen MR) is 35.0 cm³/mol. The van der Waals surface area contributed by atoms with Gasteiger partial charge in [-0.25, -0.2) is 0 Å². The van der Waals surface area contributed by atoms with Gasteiger partial charge in [0.25, 0.3) is 0 Å². The van der Waals surface area contributed by atoms with Gasteiger partial charge < -0.3 is 4.79 Å². The Hall–Kier alpha value is -1.28. The molecule has 3 nitrogen and oxygen atoms in total. The summed E-state index contributed by atoms with van der Waals surface area (Å²) in [7, 11) is 0. The van der Waals surface area contributed by atoms with Crippen LogP contribution in [-0.4, -0.2) is 23.1 Å². The lowest BCUT2D eigenvalue weighted by Gasteiger charge is -2.06. The van der Waals surface area contributed by atoms with Gasteiger partial charge in [0.1, 0.15) is 5.78 Å². The molecule has 0 fully saturated rings. The summed E-state index contributed by atoms with van der Waals surface area (Å²) in [6, 6.07) is 0. The lowest BCUT2D eigenvalue weighted by atomic mass is 10.6. The molecule has 0 aliphatic rings. The molecule has 0 spiro atoms. The van der Waals surface area contributed by atoms with E-state index in [1.165, 1.54) is 13.8 Å². The summed E-state index contributed by atoms with van der Waals surface area (Å²) >= 11 is 0. The molecule has 0 amide bonds. The summed E-state index contributed by atoms with van der Waals surface area (Å²) in [5, 5.41) is -1.62. The Bertz CT molecular complexity index is 207. The number of halogens is 6. The number of alkyl halides is 3. The highest BCUT2D eigenvalue weighted by atomic mass is 19.4. The molecule has 0 bridgehead atoms. The number of carbonyl (C=O) groups excluding carboxylic acids is 1. The molecule has 9 heteroatoms. The number of hydrogen-bond donors (Lipinski definition) is 0. The van der Waals surface area contributed by atoms with Crippen LogP contribution >= 0.6 is 0 Å². The van der Waals surface area contributed by atoms with Crippen LogP contribution in [0.2, 0.25) is 0 Å². The molecular formula is C5H6F6N2O. The minimum absolute atomic E-state index is 0.167. The van der Waals surface area contributed by atoms with Crippen LogP contribution in [-0.2, 0) is 4.79 Å². The third-order valence-electron chi connectivity index (χ3n) is 0.494. The van der Waals surface area contributed by atoms with Crippen LogP contribution in [0.25, 0.3) is 0 Å². The van der Waals surface area contributed by atoms with E-state index in [2.05, 4.69) is 0 Å². The van der Waals surface area contributed by atoms with Gasteiger partial charge in [-0.05, 0) is 19.2 Å². The number of Topliss-reactive ketones (excluding diaryl/α,β-unsaturated/α-hetero) is 1. The first-order chi connectivity index (χ1) is 6.12. The zero-order chi connectivity index (χ0) is 11.9. The largest absolute Gasteiger partial charge is 0.457 e. The van der Waals surface area contributed by atoms with E-state index >= 15 is 0 Å². The van der Waals surface area contributed by atoms with E-state index in [1.807, 2.05) is 0 Å². The second-order valence-electron chi connectivity index (χ2n) is 2.05. The van der Waals surface area contributed by atoms with Crippen molar-refractivity contribution in [3.8, 4) is 0 Å². The highest BCUT2D eigenvalue weighted by Crippen LogP contribution is 2.20. The van der Waals surface area contributed by atoms with Crippen LogP contribution in [0.1, 0.15) is 13.8 Å². The molecule has 0 rings (SSSR count). The third-order valence-corrected chi connectivity index (χ3v) is 0.494. The number of ketones is 1. The molecule has 0 aromatic heterocycles. The molecule has 14 heavy (non-hydrogen) atoms. The monoisotopic (exact) mass is 224 g/mol. The van der Waals surface area contributed by atoms with Crippen LogP contribution in [0.5, 0.6) is 0 Å². The fraction of sp³-hybridized carbons (Fsp3) is 0.600. The summed E-state index contributed by atoms with van der Waals surface area (Å²) in [4.78, 5) is 9.44. The number of nitrogens with zero attached hydrogens (tertiary/aromatic N) is 2. The summed E-state index contributed by atoms with van der Waals surface area (Å²) < 4.78 is 65.9. The Balaban J connectivity index is 0. The highest BCUT2D eigenvalue weighted by molar-refractivity contribution is 5.85. The van der Waals surface area contributed by atoms with Crippen molar-refractivity contribution in [1.29, 1.82) is 0 Å². The van der Waals surface area contributed by atoms with E-state index in [4.69, 9.17) is 0 Å². The van der Waals surface area contributed by atoms with E-state index in [1.54, 1.807) is 0 Å². The topological polar surface area (TPSA) is 32.7 Å². The molecule has 0 heterocycles. The maximum atomic E-state index is 11.1. The van der Waals surface area contributed by atoms with E-state index in [-0.39, 0.29) is 5.78 Å². The standard InChI is InChI=1S/C3H6O.C2F6N2/c1-3(2)4;3-2(4,5)1(9-6)10(7)8/h1-2H3;. The Kier molecular flexibility index (Phi) is 6.75. The molecule has 0 radical (unpaired) electrons. The Morgan fingerprint density at radius 2 is 1.50 bits per heavy atom. The van der Waals surface area contributed by atoms with Gasteiger partial charge in [0, 0.05) is 0 Å². The third kappa shape index (κ3) is 8.81. The van der Waals surface area contributed by atoms with Crippen molar-refractivity contribution in [2.24, 2.45) is 5.21 Å². The maximum Gasteiger partial charge on any atom is 0.457 e. The second-order valence-corrected chi connectivity index (χ2v) is 2.05. The molecule has 0 atom stereocenters. The Morgan fingerprint density at radius 1 is 1.21 bits per heavy atom. The van der Waals surface area contributed by atoms with Gasteiger partial charge >= 0.3 is 12.0 Å². The summed E-state index contributed by atoms with van der Waals surface area (Å²) in [5.74, 6) is -2.70. The van der Waals surface area contributed by atoms with Crippen molar-refractivity contribution < 1.29 is 31.4 Å². The molecule has 0 aromatic carbocycles. The second kappa shape index (κ2) is 6.22. The van der Waals surface area contributed by atoms with Gasteiger partial charge in [-0.2, -0.15) is 13.2 Å². The number of hydrogen-bond acceptors (Lipinski definition) is 2. The van der Waals surface area contributed by atoms with Gasteiger partial charge in [-0.1, -0.05) is 18.7 Å². The molecule has 0 unspecified atom stereocenters. The SMILES string of the molecule is CC(C)=O.FN=C(N(F)F)C(F)(F)F. The zero-order valence-corrected chi connectivity index (χ0v) is 7.07. The summed E-state index contributed by atoms with van der Waals surface area (Å²) in [5.41, 5.74) is 0. The minimum Gasteiger partial charge on any atom is -0.300 e.